The molecule has 3 N–H and O–H groups in total. The van der Waals surface area contributed by atoms with Crippen LogP contribution in [-0.4, -0.2) is 45.1 Å². The Kier molecular flexibility index (Phi) is 5.58. The van der Waals surface area contributed by atoms with E-state index in [1.54, 1.807) is 0 Å². The SMILES string of the molecule is C[C@H](CCC(=O)O)[C@H]1CC(O)[C@@]2(C)C3=C(C(=O)C[C@]12C)[C@@]1(C)CCC(=O)C(C)(C)[C@@H]1CC3O. The minimum absolute atomic E-state index is 0.0167. The van der Waals surface area contributed by atoms with Crippen molar-refractivity contribution >= 4 is 17.5 Å². The molecule has 4 aliphatic carbocycles. The van der Waals surface area contributed by atoms with Crippen LogP contribution in [0.3, 0.4) is 0 Å². The number of aliphatic carboxylic acids is 1. The van der Waals surface area contributed by atoms with Gasteiger partial charge in [-0.1, -0.05) is 41.5 Å². The van der Waals surface area contributed by atoms with E-state index in [-0.39, 0.29) is 42.2 Å². The average molecular weight is 461 g/mol. The van der Waals surface area contributed by atoms with Crippen molar-refractivity contribution in [2.45, 2.75) is 98.7 Å². The Balaban J connectivity index is 1.85. The average Bonchev–Trinajstić information content (AvgIpc) is 2.92. The fourth-order valence-corrected chi connectivity index (χ4v) is 8.74. The summed E-state index contributed by atoms with van der Waals surface area (Å²) in [4.78, 5) is 37.9. The largest absolute Gasteiger partial charge is 0.481 e. The Morgan fingerprint density at radius 3 is 2.33 bits per heavy atom. The molecular formula is C27H40O6. The number of aliphatic hydroxyl groups is 2. The van der Waals surface area contributed by atoms with E-state index in [9.17, 15) is 24.6 Å². The summed E-state index contributed by atoms with van der Waals surface area (Å²) in [5.74, 6) is -0.723. The second-order valence-electron chi connectivity index (χ2n) is 12.6. The Morgan fingerprint density at radius 1 is 1.09 bits per heavy atom. The zero-order valence-electron chi connectivity index (χ0n) is 20.9. The monoisotopic (exact) mass is 460 g/mol. The van der Waals surface area contributed by atoms with Gasteiger partial charge >= 0.3 is 5.97 Å². The van der Waals surface area contributed by atoms with E-state index in [0.717, 1.165) is 0 Å². The fraction of sp³-hybridized carbons (Fsp3) is 0.815. The molecule has 0 heterocycles. The number of fused-ring (bicyclic) bond motifs is 4. The van der Waals surface area contributed by atoms with Crippen molar-refractivity contribution in [2.75, 3.05) is 0 Å². The van der Waals surface area contributed by atoms with Gasteiger partial charge in [0.2, 0.25) is 0 Å². The summed E-state index contributed by atoms with van der Waals surface area (Å²) in [7, 11) is 0. The molecule has 33 heavy (non-hydrogen) atoms. The van der Waals surface area contributed by atoms with Crippen molar-refractivity contribution in [1.29, 1.82) is 0 Å². The number of Topliss-reactive ketones (excluding diaryl/α,β-unsaturated/α-hetero) is 2. The highest BCUT2D eigenvalue weighted by Crippen LogP contribution is 2.71. The number of carboxylic acid groups (broad SMARTS) is 1. The lowest BCUT2D eigenvalue weighted by atomic mass is 9.42. The Morgan fingerprint density at radius 2 is 1.73 bits per heavy atom. The summed E-state index contributed by atoms with van der Waals surface area (Å²) >= 11 is 0. The summed E-state index contributed by atoms with van der Waals surface area (Å²) in [6, 6.07) is 0. The minimum atomic E-state index is -0.875. The maximum absolute atomic E-state index is 13.9. The molecule has 2 unspecified atom stereocenters. The molecule has 0 bridgehead atoms. The van der Waals surface area contributed by atoms with Gasteiger partial charge in [-0.3, -0.25) is 14.4 Å². The van der Waals surface area contributed by atoms with Gasteiger partial charge in [-0.05, 0) is 54.4 Å². The van der Waals surface area contributed by atoms with E-state index >= 15 is 0 Å². The third kappa shape index (κ3) is 3.09. The lowest BCUT2D eigenvalue weighted by Gasteiger charge is -2.61. The van der Waals surface area contributed by atoms with Crippen molar-refractivity contribution in [3.8, 4) is 0 Å². The molecule has 6 nitrogen and oxygen atoms in total. The van der Waals surface area contributed by atoms with Gasteiger partial charge < -0.3 is 15.3 Å². The van der Waals surface area contributed by atoms with E-state index in [0.29, 0.717) is 43.3 Å². The zero-order valence-corrected chi connectivity index (χ0v) is 20.9. The topological polar surface area (TPSA) is 112 Å². The highest BCUT2D eigenvalue weighted by molar-refractivity contribution is 6.01. The first kappa shape index (κ1) is 24.6. The number of aliphatic hydroxyl groups excluding tert-OH is 2. The molecular weight excluding hydrogens is 420 g/mol. The molecule has 6 heteroatoms. The van der Waals surface area contributed by atoms with Gasteiger partial charge in [-0.2, -0.15) is 0 Å². The third-order valence-electron chi connectivity index (χ3n) is 10.9. The van der Waals surface area contributed by atoms with E-state index in [4.69, 9.17) is 5.11 Å². The molecule has 184 valence electrons. The van der Waals surface area contributed by atoms with E-state index < -0.39 is 39.8 Å². The van der Waals surface area contributed by atoms with Gasteiger partial charge in [0.05, 0.1) is 12.2 Å². The molecule has 0 spiro atoms. The number of rotatable bonds is 4. The highest BCUT2D eigenvalue weighted by Gasteiger charge is 2.69. The summed E-state index contributed by atoms with van der Waals surface area (Å²) < 4.78 is 0. The first-order valence-electron chi connectivity index (χ1n) is 12.5. The van der Waals surface area contributed by atoms with Crippen LogP contribution in [0, 0.1) is 39.4 Å². The molecule has 8 atom stereocenters. The molecule has 0 radical (unpaired) electrons. The van der Waals surface area contributed by atoms with Crippen LogP contribution in [0.2, 0.25) is 0 Å². The number of carbonyl (C=O) groups excluding carboxylic acids is 2. The predicted molar refractivity (Wildman–Crippen MR) is 123 cm³/mol. The standard InChI is InChI=1S/C27H40O6/c1-14(7-8-21(32)33)15-11-20(31)27(6)23-16(28)12-18-24(2,3)19(30)9-10-25(18,4)22(23)17(29)13-26(15,27)5/h14-16,18,20,28,31H,7-13H2,1-6H3,(H,32,33)/t14-,15-,16?,18+,20?,25+,26-,27+/m1/s1. The molecule has 0 aromatic carbocycles. The molecule has 0 aliphatic heterocycles. The molecule has 0 aromatic rings. The van der Waals surface area contributed by atoms with Crippen molar-refractivity contribution in [3.05, 3.63) is 11.1 Å². The molecule has 4 rings (SSSR count). The van der Waals surface area contributed by atoms with Crippen LogP contribution >= 0.6 is 0 Å². The second-order valence-corrected chi connectivity index (χ2v) is 12.6. The molecule has 0 amide bonds. The molecule has 4 aliphatic rings. The maximum Gasteiger partial charge on any atom is 0.303 e. The van der Waals surface area contributed by atoms with Gasteiger partial charge in [-0.25, -0.2) is 0 Å². The number of allylic oxidation sites excluding steroid dienone is 1. The molecule has 0 saturated heterocycles. The van der Waals surface area contributed by atoms with E-state index in [2.05, 4.69) is 13.8 Å². The van der Waals surface area contributed by atoms with E-state index in [1.165, 1.54) is 0 Å². The second kappa shape index (κ2) is 7.48. The van der Waals surface area contributed by atoms with Crippen LogP contribution in [-0.2, 0) is 14.4 Å². The molecule has 2 fully saturated rings. The van der Waals surface area contributed by atoms with Crippen LogP contribution in [0.4, 0.5) is 0 Å². The van der Waals surface area contributed by atoms with Gasteiger partial charge in [0.25, 0.3) is 0 Å². The van der Waals surface area contributed by atoms with Gasteiger partial charge in [-0.15, -0.1) is 0 Å². The van der Waals surface area contributed by atoms with E-state index in [1.807, 2.05) is 27.7 Å². The molecule has 2 saturated carbocycles. The lowest BCUT2D eigenvalue weighted by molar-refractivity contribution is -0.146. The van der Waals surface area contributed by atoms with Crippen LogP contribution in [0.1, 0.15) is 86.5 Å². The maximum atomic E-state index is 13.9. The van der Waals surface area contributed by atoms with Crippen LogP contribution in [0.25, 0.3) is 0 Å². The summed E-state index contributed by atoms with van der Waals surface area (Å²) in [5, 5.41) is 32.2. The van der Waals surface area contributed by atoms with Gasteiger partial charge in [0.1, 0.15) is 5.78 Å². The minimum Gasteiger partial charge on any atom is -0.481 e. The Hall–Kier alpha value is -1.53. The van der Waals surface area contributed by atoms with Crippen LogP contribution in [0.5, 0.6) is 0 Å². The third-order valence-corrected chi connectivity index (χ3v) is 10.9. The van der Waals surface area contributed by atoms with Crippen molar-refractivity contribution in [3.63, 3.8) is 0 Å². The Labute approximate surface area is 196 Å². The van der Waals surface area contributed by atoms with Crippen molar-refractivity contribution in [2.24, 2.45) is 39.4 Å². The van der Waals surface area contributed by atoms with Crippen molar-refractivity contribution < 1.29 is 29.7 Å². The zero-order chi connectivity index (χ0) is 24.7. The number of carbonyl (C=O) groups is 3. The lowest BCUT2D eigenvalue weighted by Crippen LogP contribution is -2.60. The van der Waals surface area contributed by atoms with Crippen LogP contribution < -0.4 is 0 Å². The fourth-order valence-electron chi connectivity index (χ4n) is 8.74. The summed E-state index contributed by atoms with van der Waals surface area (Å²) in [6.45, 7) is 12.1. The van der Waals surface area contributed by atoms with Crippen LogP contribution in [0.15, 0.2) is 11.1 Å². The highest BCUT2D eigenvalue weighted by atomic mass is 16.4. The van der Waals surface area contributed by atoms with Gasteiger partial charge in [0, 0.05) is 41.1 Å². The van der Waals surface area contributed by atoms with Gasteiger partial charge in [0.15, 0.2) is 5.78 Å². The quantitative estimate of drug-likeness (QED) is 0.586. The summed E-state index contributed by atoms with van der Waals surface area (Å²) in [5.41, 5.74) is -1.08. The predicted octanol–water partition coefficient (Wildman–Crippen LogP) is 3.93. The number of carboxylic acids is 1. The normalized spacial score (nSPS) is 45.3. The first-order valence-corrected chi connectivity index (χ1v) is 12.5. The Bertz CT molecular complexity index is 933. The van der Waals surface area contributed by atoms with Crippen molar-refractivity contribution in [1.82, 2.24) is 0 Å². The molecule has 0 aromatic heterocycles. The first-order chi connectivity index (χ1) is 15.1. The smallest absolute Gasteiger partial charge is 0.303 e. The number of hydrogen-bond acceptors (Lipinski definition) is 5. The number of hydrogen-bond donors (Lipinski definition) is 3. The summed E-state index contributed by atoms with van der Waals surface area (Å²) in [6.07, 6.45) is 1.18. The number of ketones is 2.